The smallest absolute Gasteiger partial charge is 0.191 e. The normalized spacial score (nSPS) is 26.0. The van der Waals surface area contributed by atoms with Crippen LogP contribution in [-0.4, -0.2) is 47.5 Å². The second-order valence-electron chi connectivity index (χ2n) is 7.53. The molecule has 3 atom stereocenters. The second kappa shape index (κ2) is 10.4. The van der Waals surface area contributed by atoms with Crippen molar-refractivity contribution in [2.75, 3.05) is 20.7 Å². The molecule has 0 radical (unpaired) electrons. The Kier molecular flexibility index (Phi) is 8.59. The number of aryl methyl sites for hydroxylation is 1. The first kappa shape index (κ1) is 21.4. The monoisotopic (exact) mass is 476 g/mol. The molecule has 148 valence electrons. The van der Waals surface area contributed by atoms with Crippen molar-refractivity contribution in [2.24, 2.45) is 16.8 Å². The van der Waals surface area contributed by atoms with Crippen molar-refractivity contribution in [3.8, 4) is 0 Å². The first-order valence-electron chi connectivity index (χ1n) is 9.56. The van der Waals surface area contributed by atoms with Gasteiger partial charge in [-0.05, 0) is 31.1 Å². The van der Waals surface area contributed by atoms with Gasteiger partial charge in [0.05, 0.1) is 6.54 Å². The quantitative estimate of drug-likeness (QED) is 0.388. The van der Waals surface area contributed by atoms with E-state index in [1.165, 1.54) is 25.7 Å². The molecule has 3 rings (SSSR count). The molecule has 1 aromatic heterocycles. The van der Waals surface area contributed by atoms with E-state index in [0.717, 1.165) is 55.4 Å². The van der Waals surface area contributed by atoms with E-state index < -0.39 is 0 Å². The highest BCUT2D eigenvalue weighted by Crippen LogP contribution is 2.27. The van der Waals surface area contributed by atoms with E-state index in [0.29, 0.717) is 12.6 Å². The second-order valence-corrected chi connectivity index (χ2v) is 7.53. The summed E-state index contributed by atoms with van der Waals surface area (Å²) < 4.78 is 7.13. The molecule has 26 heavy (non-hydrogen) atoms. The number of hydrogen-bond acceptors (Lipinski definition) is 4. The maximum Gasteiger partial charge on any atom is 0.191 e. The minimum Gasteiger partial charge on any atom is -0.377 e. The van der Waals surface area contributed by atoms with E-state index in [1.54, 1.807) is 7.11 Å². The van der Waals surface area contributed by atoms with Crippen molar-refractivity contribution in [3.05, 3.63) is 11.6 Å². The first-order chi connectivity index (χ1) is 12.2. The summed E-state index contributed by atoms with van der Waals surface area (Å²) >= 11 is 0. The third-order valence-electron chi connectivity index (χ3n) is 5.34. The Hall–Kier alpha value is -0.900. The number of hydrogen-bond donors (Lipinski definition) is 2. The molecule has 7 nitrogen and oxygen atoms in total. The summed E-state index contributed by atoms with van der Waals surface area (Å²) in [7, 11) is 3.52. The number of aliphatic imine (C=N–C) groups is 1. The average molecular weight is 476 g/mol. The van der Waals surface area contributed by atoms with Gasteiger partial charge in [0.15, 0.2) is 11.8 Å². The molecule has 0 spiro atoms. The summed E-state index contributed by atoms with van der Waals surface area (Å²) in [4.78, 5) is 8.94. The van der Waals surface area contributed by atoms with Crippen LogP contribution in [0.2, 0.25) is 0 Å². The largest absolute Gasteiger partial charge is 0.377 e. The Labute approximate surface area is 173 Å². The van der Waals surface area contributed by atoms with Gasteiger partial charge in [0, 0.05) is 33.2 Å². The van der Waals surface area contributed by atoms with Gasteiger partial charge in [-0.2, -0.15) is 5.10 Å². The van der Waals surface area contributed by atoms with Crippen LogP contribution in [0, 0.1) is 11.8 Å². The topological polar surface area (TPSA) is 76.4 Å². The van der Waals surface area contributed by atoms with Gasteiger partial charge in [0.2, 0.25) is 0 Å². The molecule has 1 aliphatic heterocycles. The van der Waals surface area contributed by atoms with Crippen LogP contribution in [0.5, 0.6) is 0 Å². The lowest BCUT2D eigenvalue weighted by Crippen LogP contribution is -2.48. The van der Waals surface area contributed by atoms with E-state index >= 15 is 0 Å². The standard InChI is InChI=1S/C18H32N6O.HI/c1-13-5-4-6-14(9-13)10-20-18(19-2)21-15-7-8-17-22-16(12-25-3)23-24(17)11-15;/h13-15H,4-12H2,1-3H3,(H2,19,20,21);1H. The molecule has 1 aromatic rings. The van der Waals surface area contributed by atoms with Gasteiger partial charge in [-0.1, -0.05) is 19.8 Å². The molecular weight excluding hydrogens is 443 g/mol. The minimum atomic E-state index is 0. The number of halogens is 1. The third-order valence-corrected chi connectivity index (χ3v) is 5.34. The highest BCUT2D eigenvalue weighted by Gasteiger charge is 2.23. The summed E-state index contributed by atoms with van der Waals surface area (Å²) in [5.41, 5.74) is 0. The van der Waals surface area contributed by atoms with Gasteiger partial charge < -0.3 is 15.4 Å². The number of nitrogens with one attached hydrogen (secondary N) is 2. The molecule has 1 saturated carbocycles. The van der Waals surface area contributed by atoms with Crippen molar-refractivity contribution in [2.45, 2.75) is 64.6 Å². The Morgan fingerprint density at radius 2 is 2.19 bits per heavy atom. The average Bonchev–Trinajstić information content (AvgIpc) is 3.00. The molecule has 0 aromatic carbocycles. The third kappa shape index (κ3) is 5.80. The molecule has 0 saturated heterocycles. The number of aromatic nitrogens is 3. The number of guanidine groups is 1. The van der Waals surface area contributed by atoms with Crippen molar-refractivity contribution in [1.82, 2.24) is 25.4 Å². The molecule has 1 aliphatic carbocycles. The Morgan fingerprint density at radius 3 is 2.92 bits per heavy atom. The van der Waals surface area contributed by atoms with Crippen LogP contribution in [0.3, 0.4) is 0 Å². The van der Waals surface area contributed by atoms with Gasteiger partial charge >= 0.3 is 0 Å². The van der Waals surface area contributed by atoms with Gasteiger partial charge in [0.1, 0.15) is 12.4 Å². The van der Waals surface area contributed by atoms with Crippen molar-refractivity contribution >= 4 is 29.9 Å². The summed E-state index contributed by atoms with van der Waals surface area (Å²) in [6, 6.07) is 0.334. The fourth-order valence-corrected chi connectivity index (χ4v) is 4.04. The first-order valence-corrected chi connectivity index (χ1v) is 9.56. The number of nitrogens with zero attached hydrogens (tertiary/aromatic N) is 4. The zero-order chi connectivity index (χ0) is 17.6. The summed E-state index contributed by atoms with van der Waals surface area (Å²) in [6.45, 7) is 4.69. The molecule has 2 N–H and O–H groups in total. The maximum atomic E-state index is 5.13. The van der Waals surface area contributed by atoms with Crippen molar-refractivity contribution in [1.29, 1.82) is 0 Å². The Bertz CT molecular complexity index is 590. The molecule has 0 bridgehead atoms. The molecule has 3 unspecified atom stereocenters. The van der Waals surface area contributed by atoms with Crippen LogP contribution in [-0.2, 0) is 24.3 Å². The van der Waals surface area contributed by atoms with Gasteiger partial charge in [-0.25, -0.2) is 9.67 Å². The Morgan fingerprint density at radius 1 is 1.35 bits per heavy atom. The van der Waals surface area contributed by atoms with Crippen LogP contribution in [0.15, 0.2) is 4.99 Å². The van der Waals surface area contributed by atoms with E-state index in [-0.39, 0.29) is 24.0 Å². The molecular formula is C18H33IN6O. The zero-order valence-corrected chi connectivity index (χ0v) is 18.5. The van der Waals surface area contributed by atoms with Gasteiger partial charge in [-0.3, -0.25) is 4.99 Å². The van der Waals surface area contributed by atoms with Crippen LogP contribution < -0.4 is 10.6 Å². The molecule has 2 aliphatic rings. The van der Waals surface area contributed by atoms with E-state index in [1.807, 2.05) is 11.7 Å². The maximum absolute atomic E-state index is 5.13. The SMILES string of the molecule is CN=C(NCC1CCCC(C)C1)NC1CCc2nc(COC)nn2C1.I. The zero-order valence-electron chi connectivity index (χ0n) is 16.2. The number of ether oxygens (including phenoxy) is 1. The van der Waals surface area contributed by atoms with Crippen LogP contribution in [0.25, 0.3) is 0 Å². The lowest BCUT2D eigenvalue weighted by Gasteiger charge is -2.29. The van der Waals surface area contributed by atoms with Gasteiger partial charge in [-0.15, -0.1) is 24.0 Å². The molecule has 8 heteroatoms. The summed E-state index contributed by atoms with van der Waals surface area (Å²) in [6.07, 6.45) is 7.40. The van der Waals surface area contributed by atoms with Crippen LogP contribution in [0.1, 0.15) is 50.7 Å². The predicted octanol–water partition coefficient (Wildman–Crippen LogP) is 2.35. The predicted molar refractivity (Wildman–Crippen MR) is 114 cm³/mol. The minimum absolute atomic E-state index is 0. The lowest BCUT2D eigenvalue weighted by molar-refractivity contribution is 0.177. The number of methoxy groups -OCH3 is 1. The molecule has 1 fully saturated rings. The van der Waals surface area contributed by atoms with Crippen LogP contribution in [0.4, 0.5) is 0 Å². The van der Waals surface area contributed by atoms with Gasteiger partial charge in [0.25, 0.3) is 0 Å². The van der Waals surface area contributed by atoms with Crippen LogP contribution >= 0.6 is 24.0 Å². The summed E-state index contributed by atoms with van der Waals surface area (Å²) in [5.74, 6) is 4.37. The van der Waals surface area contributed by atoms with Crippen molar-refractivity contribution in [3.63, 3.8) is 0 Å². The van der Waals surface area contributed by atoms with E-state index in [4.69, 9.17) is 4.74 Å². The summed E-state index contributed by atoms with van der Waals surface area (Å²) in [5, 5.41) is 11.6. The highest BCUT2D eigenvalue weighted by molar-refractivity contribution is 14.0. The number of rotatable bonds is 5. The highest BCUT2D eigenvalue weighted by atomic mass is 127. The fraction of sp³-hybridized carbons (Fsp3) is 0.833. The molecule has 0 amide bonds. The Balaban J connectivity index is 0.00000243. The molecule has 2 heterocycles. The van der Waals surface area contributed by atoms with E-state index in [9.17, 15) is 0 Å². The number of fused-ring (bicyclic) bond motifs is 1. The lowest BCUT2D eigenvalue weighted by atomic mass is 9.82. The van der Waals surface area contributed by atoms with E-state index in [2.05, 4.69) is 32.6 Å². The fourth-order valence-electron chi connectivity index (χ4n) is 4.04. The van der Waals surface area contributed by atoms with Crippen molar-refractivity contribution < 1.29 is 4.74 Å².